The number of aromatic hydroxyl groups is 1. The minimum atomic E-state index is 0.213. The Hall–Kier alpha value is -1.96. The van der Waals surface area contributed by atoms with Gasteiger partial charge in [0, 0.05) is 11.8 Å². The van der Waals surface area contributed by atoms with Gasteiger partial charge in [-0.3, -0.25) is 0 Å². The highest BCUT2D eigenvalue weighted by molar-refractivity contribution is 5.42. The summed E-state index contributed by atoms with van der Waals surface area (Å²) in [5, 5.41) is 8.73. The van der Waals surface area contributed by atoms with Crippen LogP contribution in [0.3, 0.4) is 0 Å². The quantitative estimate of drug-likeness (QED) is 0.623. The molecule has 0 amide bonds. The molecule has 0 fully saturated rings. The van der Waals surface area contributed by atoms with Crippen LogP contribution in [0.5, 0.6) is 5.75 Å². The number of phenols is 1. The minimum Gasteiger partial charge on any atom is -0.508 e. The van der Waals surface area contributed by atoms with Gasteiger partial charge in [0.05, 0.1) is 0 Å². The molecule has 0 aromatic heterocycles. The third kappa shape index (κ3) is 4.16. The molecule has 0 aliphatic heterocycles. The first-order valence-electron chi connectivity index (χ1n) is 4.33. The molecular weight excluding hydrogens is 174 g/mol. The van der Waals surface area contributed by atoms with Crippen LogP contribution in [0, 0.1) is 0 Å². The van der Waals surface area contributed by atoms with Crippen molar-refractivity contribution in [3.63, 3.8) is 0 Å². The van der Waals surface area contributed by atoms with E-state index in [0.717, 1.165) is 0 Å². The van der Waals surface area contributed by atoms with E-state index in [9.17, 15) is 0 Å². The number of phenolic OH excluding ortho intramolecular Hbond substituents is 1. The van der Waals surface area contributed by atoms with Gasteiger partial charge in [-0.05, 0) is 12.1 Å². The first-order chi connectivity index (χ1) is 6.79. The Morgan fingerprint density at radius 2 is 1.29 bits per heavy atom. The second-order valence-corrected chi connectivity index (χ2v) is 2.75. The molecule has 0 saturated carbocycles. The van der Waals surface area contributed by atoms with E-state index < -0.39 is 0 Å². The standard InChI is InChI=1S/C6H7NO.C6H6/c7-5-2-1-3-6(8)4-5;1-2-4-6-5-3-1/h1-4,8H,7H2;1-6H. The highest BCUT2D eigenvalue weighted by atomic mass is 16.3. The lowest BCUT2D eigenvalue weighted by atomic mass is 10.3. The molecule has 2 rings (SSSR count). The molecule has 0 saturated heterocycles. The van der Waals surface area contributed by atoms with Gasteiger partial charge in [0.1, 0.15) is 5.75 Å². The lowest BCUT2D eigenvalue weighted by Gasteiger charge is -1.90. The zero-order chi connectivity index (χ0) is 10.2. The maximum absolute atomic E-state index is 8.73. The van der Waals surface area contributed by atoms with E-state index in [1.54, 1.807) is 18.2 Å². The van der Waals surface area contributed by atoms with Gasteiger partial charge in [-0.25, -0.2) is 0 Å². The average Bonchev–Trinajstić information content (AvgIpc) is 2.21. The summed E-state index contributed by atoms with van der Waals surface area (Å²) in [6.45, 7) is 0. The van der Waals surface area contributed by atoms with Gasteiger partial charge in [0.15, 0.2) is 0 Å². The molecule has 0 aliphatic rings. The Bertz CT molecular complexity index is 316. The van der Waals surface area contributed by atoms with Crippen molar-refractivity contribution < 1.29 is 5.11 Å². The van der Waals surface area contributed by atoms with Crippen molar-refractivity contribution in [3.05, 3.63) is 60.7 Å². The summed E-state index contributed by atoms with van der Waals surface area (Å²) in [5.41, 5.74) is 5.89. The topological polar surface area (TPSA) is 46.2 Å². The van der Waals surface area contributed by atoms with E-state index in [0.29, 0.717) is 5.69 Å². The van der Waals surface area contributed by atoms with Crippen molar-refractivity contribution in [2.24, 2.45) is 0 Å². The van der Waals surface area contributed by atoms with Crippen LogP contribution in [-0.2, 0) is 0 Å². The van der Waals surface area contributed by atoms with Crippen molar-refractivity contribution in [2.45, 2.75) is 0 Å². The number of hydrogen-bond acceptors (Lipinski definition) is 2. The van der Waals surface area contributed by atoms with Crippen LogP contribution < -0.4 is 5.73 Å². The summed E-state index contributed by atoms with van der Waals surface area (Å²) in [5.74, 6) is 0.213. The second-order valence-electron chi connectivity index (χ2n) is 2.75. The predicted molar refractivity (Wildman–Crippen MR) is 59.0 cm³/mol. The first-order valence-corrected chi connectivity index (χ1v) is 4.33. The van der Waals surface area contributed by atoms with Crippen LogP contribution in [-0.4, -0.2) is 5.11 Å². The van der Waals surface area contributed by atoms with E-state index in [-0.39, 0.29) is 5.75 Å². The zero-order valence-corrected chi connectivity index (χ0v) is 7.80. The van der Waals surface area contributed by atoms with Crippen LogP contribution in [0.25, 0.3) is 0 Å². The normalized spacial score (nSPS) is 8.57. The molecule has 2 heteroatoms. The summed E-state index contributed by atoms with van der Waals surface area (Å²) in [6, 6.07) is 18.5. The maximum Gasteiger partial charge on any atom is 0.117 e. The average molecular weight is 187 g/mol. The van der Waals surface area contributed by atoms with Gasteiger partial charge in [-0.15, -0.1) is 0 Å². The summed E-state index contributed by atoms with van der Waals surface area (Å²) in [6.07, 6.45) is 0. The minimum absolute atomic E-state index is 0.213. The van der Waals surface area contributed by atoms with Crippen LogP contribution in [0.15, 0.2) is 60.7 Å². The van der Waals surface area contributed by atoms with Crippen LogP contribution >= 0.6 is 0 Å². The van der Waals surface area contributed by atoms with Crippen LogP contribution in [0.2, 0.25) is 0 Å². The van der Waals surface area contributed by atoms with Crippen molar-refractivity contribution >= 4 is 5.69 Å². The number of nitrogen functional groups attached to an aromatic ring is 1. The molecule has 0 unspecified atom stereocenters. The fourth-order valence-corrected chi connectivity index (χ4v) is 0.910. The highest BCUT2D eigenvalue weighted by Gasteiger charge is 1.83. The molecule has 0 aliphatic carbocycles. The van der Waals surface area contributed by atoms with E-state index >= 15 is 0 Å². The molecule has 72 valence electrons. The van der Waals surface area contributed by atoms with E-state index in [1.165, 1.54) is 6.07 Å². The SMILES string of the molecule is Nc1cccc(O)c1.c1ccccc1. The van der Waals surface area contributed by atoms with Gasteiger partial charge < -0.3 is 10.8 Å². The van der Waals surface area contributed by atoms with Gasteiger partial charge >= 0.3 is 0 Å². The highest BCUT2D eigenvalue weighted by Crippen LogP contribution is 2.10. The zero-order valence-electron chi connectivity index (χ0n) is 7.80. The molecule has 2 nitrogen and oxygen atoms in total. The Balaban J connectivity index is 0.000000146. The molecule has 0 spiro atoms. The van der Waals surface area contributed by atoms with Crippen LogP contribution in [0.1, 0.15) is 0 Å². The lowest BCUT2D eigenvalue weighted by molar-refractivity contribution is 0.475. The van der Waals surface area contributed by atoms with Crippen molar-refractivity contribution in [2.75, 3.05) is 5.73 Å². The van der Waals surface area contributed by atoms with Gasteiger partial charge in [0.25, 0.3) is 0 Å². The Morgan fingerprint density at radius 1 is 0.786 bits per heavy atom. The lowest BCUT2D eigenvalue weighted by Crippen LogP contribution is -1.80. The molecule has 3 N–H and O–H groups in total. The smallest absolute Gasteiger partial charge is 0.117 e. The van der Waals surface area contributed by atoms with Gasteiger partial charge in [-0.2, -0.15) is 0 Å². The summed E-state index contributed by atoms with van der Waals surface area (Å²) < 4.78 is 0. The number of benzene rings is 2. The molecule has 0 atom stereocenters. The van der Waals surface area contributed by atoms with Crippen LogP contribution in [0.4, 0.5) is 5.69 Å². The Kier molecular flexibility index (Phi) is 4.08. The molecule has 14 heavy (non-hydrogen) atoms. The molecule has 2 aromatic rings. The van der Waals surface area contributed by atoms with Crippen molar-refractivity contribution in [1.29, 1.82) is 0 Å². The summed E-state index contributed by atoms with van der Waals surface area (Å²) >= 11 is 0. The van der Waals surface area contributed by atoms with Gasteiger partial charge in [0.2, 0.25) is 0 Å². The molecular formula is C12H13NO. The Labute approximate surface area is 83.6 Å². The summed E-state index contributed by atoms with van der Waals surface area (Å²) in [4.78, 5) is 0. The van der Waals surface area contributed by atoms with Crippen molar-refractivity contribution in [3.8, 4) is 5.75 Å². The number of hydrogen-bond donors (Lipinski definition) is 2. The third-order valence-electron chi connectivity index (χ3n) is 1.54. The van der Waals surface area contributed by atoms with E-state index in [4.69, 9.17) is 10.8 Å². The molecule has 0 bridgehead atoms. The fourth-order valence-electron chi connectivity index (χ4n) is 0.910. The van der Waals surface area contributed by atoms with E-state index in [2.05, 4.69) is 0 Å². The molecule has 2 aromatic carbocycles. The second kappa shape index (κ2) is 5.65. The number of anilines is 1. The first kappa shape index (κ1) is 10.1. The number of nitrogens with two attached hydrogens (primary N) is 1. The third-order valence-corrected chi connectivity index (χ3v) is 1.54. The number of rotatable bonds is 0. The van der Waals surface area contributed by atoms with Crippen molar-refractivity contribution in [1.82, 2.24) is 0 Å². The predicted octanol–water partition coefficient (Wildman–Crippen LogP) is 2.66. The maximum atomic E-state index is 8.73. The monoisotopic (exact) mass is 187 g/mol. The fraction of sp³-hybridized carbons (Fsp3) is 0. The largest absolute Gasteiger partial charge is 0.508 e. The Morgan fingerprint density at radius 3 is 1.57 bits per heavy atom. The molecule has 0 heterocycles. The summed E-state index contributed by atoms with van der Waals surface area (Å²) in [7, 11) is 0. The van der Waals surface area contributed by atoms with E-state index in [1.807, 2.05) is 36.4 Å². The molecule has 0 radical (unpaired) electrons. The van der Waals surface area contributed by atoms with Gasteiger partial charge in [-0.1, -0.05) is 42.5 Å².